The van der Waals surface area contributed by atoms with Gasteiger partial charge in [-0.2, -0.15) is 0 Å². The van der Waals surface area contributed by atoms with Gasteiger partial charge >= 0.3 is 5.97 Å². The highest BCUT2D eigenvalue weighted by molar-refractivity contribution is 7.99. The van der Waals surface area contributed by atoms with Crippen molar-refractivity contribution in [2.75, 3.05) is 25.6 Å². The Labute approximate surface area is 110 Å². The third kappa shape index (κ3) is 3.66. The van der Waals surface area contributed by atoms with Crippen molar-refractivity contribution in [1.82, 2.24) is 4.90 Å². The first-order valence-corrected chi connectivity index (χ1v) is 6.47. The molecule has 1 aromatic carbocycles. The van der Waals surface area contributed by atoms with Crippen molar-refractivity contribution in [3.8, 4) is 0 Å². The highest BCUT2D eigenvalue weighted by Gasteiger charge is 2.14. The molecule has 0 aliphatic heterocycles. The van der Waals surface area contributed by atoms with Crippen LogP contribution in [0.1, 0.15) is 15.9 Å². The third-order valence-electron chi connectivity index (χ3n) is 2.38. The molecule has 0 spiro atoms. The van der Waals surface area contributed by atoms with E-state index in [0.717, 1.165) is 0 Å². The summed E-state index contributed by atoms with van der Waals surface area (Å²) < 4.78 is 0. The summed E-state index contributed by atoms with van der Waals surface area (Å²) in [7, 11) is 3.37. The van der Waals surface area contributed by atoms with Gasteiger partial charge in [0.25, 0.3) is 0 Å². The van der Waals surface area contributed by atoms with Crippen LogP contribution in [-0.4, -0.2) is 41.7 Å². The lowest BCUT2D eigenvalue weighted by atomic mass is 10.1. The van der Waals surface area contributed by atoms with Gasteiger partial charge in [0.05, 0.1) is 11.3 Å². The number of carboxylic acids is 1. The predicted octanol–water partition coefficient (Wildman–Crippen LogP) is 1.29. The highest BCUT2D eigenvalue weighted by atomic mass is 32.2. The van der Waals surface area contributed by atoms with Gasteiger partial charge in [-0.1, -0.05) is 12.1 Å². The molecule has 0 bridgehead atoms. The van der Waals surface area contributed by atoms with Crippen molar-refractivity contribution in [2.24, 2.45) is 0 Å². The molecule has 18 heavy (non-hydrogen) atoms. The van der Waals surface area contributed by atoms with Crippen molar-refractivity contribution in [3.05, 3.63) is 29.3 Å². The molecular formula is C12H16N2O3S. The van der Waals surface area contributed by atoms with Crippen LogP contribution in [0.4, 0.5) is 5.69 Å². The quantitative estimate of drug-likeness (QED) is 0.786. The van der Waals surface area contributed by atoms with Crippen molar-refractivity contribution in [3.63, 3.8) is 0 Å². The lowest BCUT2D eigenvalue weighted by Crippen LogP contribution is -2.23. The Kier molecular flexibility index (Phi) is 5.03. The zero-order valence-corrected chi connectivity index (χ0v) is 11.2. The van der Waals surface area contributed by atoms with Gasteiger partial charge in [-0.15, -0.1) is 11.8 Å². The summed E-state index contributed by atoms with van der Waals surface area (Å²) in [5.41, 5.74) is 6.65. The average molecular weight is 268 g/mol. The third-order valence-corrected chi connectivity index (χ3v) is 3.34. The predicted molar refractivity (Wildman–Crippen MR) is 72.7 cm³/mol. The maximum absolute atomic E-state index is 11.4. The molecule has 0 saturated heterocycles. The van der Waals surface area contributed by atoms with Crippen LogP contribution in [0.3, 0.4) is 0 Å². The van der Waals surface area contributed by atoms with Gasteiger partial charge in [-0.05, 0) is 11.6 Å². The van der Waals surface area contributed by atoms with E-state index in [1.54, 1.807) is 32.3 Å². The van der Waals surface area contributed by atoms with Gasteiger partial charge in [0, 0.05) is 25.5 Å². The van der Waals surface area contributed by atoms with Crippen molar-refractivity contribution in [2.45, 2.75) is 5.75 Å². The number of carboxylic acid groups (broad SMARTS) is 1. The molecule has 0 aliphatic rings. The van der Waals surface area contributed by atoms with E-state index in [1.807, 2.05) is 0 Å². The molecule has 0 saturated carbocycles. The first-order chi connectivity index (χ1) is 8.43. The molecule has 0 fully saturated rings. The Morgan fingerprint density at radius 1 is 1.39 bits per heavy atom. The van der Waals surface area contributed by atoms with Crippen LogP contribution in [0.2, 0.25) is 0 Å². The second-order valence-electron chi connectivity index (χ2n) is 3.97. The molecule has 1 aromatic rings. The topological polar surface area (TPSA) is 83.6 Å². The van der Waals surface area contributed by atoms with Gasteiger partial charge in [0.1, 0.15) is 0 Å². The van der Waals surface area contributed by atoms with Gasteiger partial charge in [-0.25, -0.2) is 4.79 Å². The number of aromatic carboxylic acids is 1. The van der Waals surface area contributed by atoms with Gasteiger partial charge in [0.2, 0.25) is 5.91 Å². The fraction of sp³-hybridized carbons (Fsp3) is 0.333. The molecule has 6 heteroatoms. The summed E-state index contributed by atoms with van der Waals surface area (Å²) in [6.07, 6.45) is 0. The normalized spacial score (nSPS) is 10.1. The minimum Gasteiger partial charge on any atom is -0.478 e. The number of amides is 1. The van der Waals surface area contributed by atoms with E-state index >= 15 is 0 Å². The average Bonchev–Trinajstić information content (AvgIpc) is 2.28. The van der Waals surface area contributed by atoms with E-state index in [-0.39, 0.29) is 17.2 Å². The smallest absolute Gasteiger partial charge is 0.338 e. The number of thioether (sulfide) groups is 1. The van der Waals surface area contributed by atoms with Crippen molar-refractivity contribution in [1.29, 1.82) is 0 Å². The lowest BCUT2D eigenvalue weighted by Gasteiger charge is -2.11. The first-order valence-electron chi connectivity index (χ1n) is 5.32. The van der Waals surface area contributed by atoms with Crippen LogP contribution in [0.5, 0.6) is 0 Å². The number of rotatable bonds is 5. The lowest BCUT2D eigenvalue weighted by molar-refractivity contribution is -0.125. The van der Waals surface area contributed by atoms with Crippen LogP contribution in [0, 0.1) is 0 Å². The van der Waals surface area contributed by atoms with E-state index in [1.165, 1.54) is 16.7 Å². The number of nitrogens with two attached hydrogens (primary N) is 1. The Bertz CT molecular complexity index is 461. The molecular weight excluding hydrogens is 252 g/mol. The number of carbonyl (C=O) groups is 2. The summed E-state index contributed by atoms with van der Waals surface area (Å²) in [4.78, 5) is 24.0. The van der Waals surface area contributed by atoms with Crippen LogP contribution in [-0.2, 0) is 10.5 Å². The fourth-order valence-electron chi connectivity index (χ4n) is 1.38. The van der Waals surface area contributed by atoms with Crippen molar-refractivity contribution >= 4 is 29.3 Å². The van der Waals surface area contributed by atoms with Crippen molar-refractivity contribution < 1.29 is 14.7 Å². The molecule has 3 N–H and O–H groups in total. The summed E-state index contributed by atoms with van der Waals surface area (Å²) in [5, 5.41) is 9.08. The number of anilines is 1. The largest absolute Gasteiger partial charge is 0.478 e. The maximum atomic E-state index is 11.4. The summed E-state index contributed by atoms with van der Waals surface area (Å²) in [5.74, 6) is -0.268. The Morgan fingerprint density at radius 3 is 2.61 bits per heavy atom. The monoisotopic (exact) mass is 268 g/mol. The van der Waals surface area contributed by atoms with Crippen LogP contribution >= 0.6 is 11.8 Å². The second kappa shape index (κ2) is 6.30. The number of carbonyl (C=O) groups excluding carboxylic acids is 1. The van der Waals surface area contributed by atoms with Gasteiger partial charge in [0.15, 0.2) is 0 Å². The molecule has 0 aromatic heterocycles. The van der Waals surface area contributed by atoms with Gasteiger partial charge in [-0.3, -0.25) is 4.79 Å². The number of nitrogen functional groups attached to an aromatic ring is 1. The number of hydrogen-bond acceptors (Lipinski definition) is 4. The molecule has 98 valence electrons. The second-order valence-corrected chi connectivity index (χ2v) is 4.95. The maximum Gasteiger partial charge on any atom is 0.338 e. The number of benzene rings is 1. The van der Waals surface area contributed by atoms with E-state index in [4.69, 9.17) is 10.8 Å². The van der Waals surface area contributed by atoms with Crippen LogP contribution in [0.15, 0.2) is 18.2 Å². The minimum absolute atomic E-state index is 0.000720. The molecule has 0 heterocycles. The molecule has 1 amide bonds. The highest BCUT2D eigenvalue weighted by Crippen LogP contribution is 2.21. The minimum atomic E-state index is -1.04. The standard InChI is InChI=1S/C12H16N2O3S/c1-14(2)10(15)7-18-6-8-4-3-5-9(13)11(8)12(16)17/h3-5H,6-7,13H2,1-2H3,(H,16,17). The van der Waals surface area contributed by atoms with Crippen LogP contribution < -0.4 is 5.73 Å². The molecule has 0 aliphatic carbocycles. The van der Waals surface area contributed by atoms with Gasteiger partial charge < -0.3 is 15.7 Å². The first kappa shape index (κ1) is 14.4. The molecule has 0 unspecified atom stereocenters. The Hall–Kier alpha value is -1.69. The molecule has 1 rings (SSSR count). The van der Waals surface area contributed by atoms with Crippen LogP contribution in [0.25, 0.3) is 0 Å². The SMILES string of the molecule is CN(C)C(=O)CSCc1cccc(N)c1C(=O)O. The number of hydrogen-bond donors (Lipinski definition) is 2. The van der Waals surface area contributed by atoms with E-state index in [0.29, 0.717) is 17.1 Å². The summed E-state index contributed by atoms with van der Waals surface area (Å²) in [6, 6.07) is 4.99. The van der Waals surface area contributed by atoms with E-state index in [2.05, 4.69) is 0 Å². The number of nitrogens with zero attached hydrogens (tertiary/aromatic N) is 1. The van der Waals surface area contributed by atoms with E-state index < -0.39 is 5.97 Å². The zero-order chi connectivity index (χ0) is 13.7. The Balaban J connectivity index is 2.71. The molecule has 0 radical (unpaired) electrons. The summed E-state index contributed by atoms with van der Waals surface area (Å²) >= 11 is 1.37. The van der Waals surface area contributed by atoms with E-state index in [9.17, 15) is 9.59 Å². The molecule has 5 nitrogen and oxygen atoms in total. The summed E-state index contributed by atoms with van der Waals surface area (Å²) in [6.45, 7) is 0. The molecule has 0 atom stereocenters. The fourth-order valence-corrected chi connectivity index (χ4v) is 2.37. The zero-order valence-electron chi connectivity index (χ0n) is 10.3. The Morgan fingerprint density at radius 2 is 2.06 bits per heavy atom.